The molecular formula is C39H51N3O6. The number of anilines is 1. The van der Waals surface area contributed by atoms with E-state index in [0.717, 1.165) is 62.1 Å². The maximum Gasteiger partial charge on any atom is 0.411 e. The Bertz CT molecular complexity index is 1420. The van der Waals surface area contributed by atoms with Gasteiger partial charge < -0.3 is 28.7 Å². The summed E-state index contributed by atoms with van der Waals surface area (Å²) in [5.74, 6) is 1.20. The van der Waals surface area contributed by atoms with Gasteiger partial charge in [0.1, 0.15) is 6.10 Å². The Kier molecular flexibility index (Phi) is 13.4. The standard InChI is InChI=1S/C39H51N3O6/c1-4-42(28-38(45-2)46-3)37(43)20-23-47-22-19-30-16-14-29(15-17-30)18-21-41-26-32-24-34(25-33(32)27-41)48-39(44)40-36-13-9-8-12-35(36)31-10-6-5-7-11-31/h5-17,32-34,38H,4,18-28H2,1-3H3,(H,40,44)/t32-,33?,34?/m1/s1. The average Bonchev–Trinajstić information content (AvgIpc) is 3.67. The lowest BCUT2D eigenvalue weighted by atomic mass is 10.0. The minimum absolute atomic E-state index is 0.0290. The maximum atomic E-state index is 12.8. The van der Waals surface area contributed by atoms with E-state index in [1.165, 1.54) is 11.1 Å². The van der Waals surface area contributed by atoms with Crippen molar-refractivity contribution < 1.29 is 28.5 Å². The summed E-state index contributed by atoms with van der Waals surface area (Å²) in [5, 5.41) is 2.99. The lowest BCUT2D eigenvalue weighted by Crippen LogP contribution is -2.39. The fraction of sp³-hybridized carbons (Fsp3) is 0.487. The molecule has 9 heteroatoms. The molecule has 3 aromatic carbocycles. The Morgan fingerprint density at radius 3 is 2.17 bits per heavy atom. The van der Waals surface area contributed by atoms with Crippen molar-refractivity contribution in [1.29, 1.82) is 0 Å². The van der Waals surface area contributed by atoms with Gasteiger partial charge in [0, 0.05) is 46.0 Å². The van der Waals surface area contributed by atoms with Crippen LogP contribution >= 0.6 is 0 Å². The van der Waals surface area contributed by atoms with Crippen molar-refractivity contribution in [2.45, 2.75) is 51.4 Å². The number of hydrogen-bond donors (Lipinski definition) is 1. The number of ether oxygens (including phenoxy) is 4. The fourth-order valence-corrected chi connectivity index (χ4v) is 6.97. The first kappa shape index (κ1) is 35.5. The molecule has 2 amide bonds. The third kappa shape index (κ3) is 10.1. The van der Waals surface area contributed by atoms with E-state index in [2.05, 4.69) is 34.5 Å². The fourth-order valence-electron chi connectivity index (χ4n) is 6.97. The van der Waals surface area contributed by atoms with Crippen LogP contribution in [0.15, 0.2) is 78.9 Å². The van der Waals surface area contributed by atoms with Crippen molar-refractivity contribution >= 4 is 17.7 Å². The number of amides is 2. The molecule has 1 saturated heterocycles. The molecule has 9 nitrogen and oxygen atoms in total. The van der Waals surface area contributed by atoms with Crippen LogP contribution in [0.3, 0.4) is 0 Å². The molecule has 1 saturated carbocycles. The van der Waals surface area contributed by atoms with Crippen molar-refractivity contribution in [1.82, 2.24) is 9.80 Å². The molecular weight excluding hydrogens is 606 g/mol. The van der Waals surface area contributed by atoms with Crippen LogP contribution in [0.25, 0.3) is 11.1 Å². The second-order valence-electron chi connectivity index (χ2n) is 12.8. The minimum atomic E-state index is -0.419. The third-order valence-corrected chi connectivity index (χ3v) is 9.67. The monoisotopic (exact) mass is 657 g/mol. The summed E-state index contributed by atoms with van der Waals surface area (Å²) in [4.78, 5) is 29.6. The number of nitrogens with one attached hydrogen (secondary N) is 1. The molecule has 2 fully saturated rings. The van der Waals surface area contributed by atoms with Crippen LogP contribution in [0.2, 0.25) is 0 Å². The molecule has 1 heterocycles. The van der Waals surface area contributed by atoms with Crippen LogP contribution in [0.4, 0.5) is 10.5 Å². The maximum absolute atomic E-state index is 12.8. The number of carbonyl (C=O) groups is 2. The summed E-state index contributed by atoms with van der Waals surface area (Å²) in [6.07, 6.45) is 3.22. The molecule has 3 aromatic rings. The molecule has 48 heavy (non-hydrogen) atoms. The van der Waals surface area contributed by atoms with E-state index in [-0.39, 0.29) is 18.1 Å². The number of likely N-dealkylation sites (tertiary alicyclic amines) is 1. The van der Waals surface area contributed by atoms with E-state index in [1.54, 1.807) is 19.1 Å². The summed E-state index contributed by atoms with van der Waals surface area (Å²) in [6.45, 7) is 7.12. The molecule has 1 N–H and O–H groups in total. The van der Waals surface area contributed by atoms with E-state index in [0.29, 0.717) is 44.6 Å². The first-order valence-electron chi connectivity index (χ1n) is 17.3. The van der Waals surface area contributed by atoms with E-state index in [9.17, 15) is 9.59 Å². The largest absolute Gasteiger partial charge is 0.446 e. The quantitative estimate of drug-likeness (QED) is 0.135. The molecule has 2 aliphatic rings. The predicted molar refractivity (Wildman–Crippen MR) is 188 cm³/mol. The summed E-state index contributed by atoms with van der Waals surface area (Å²) in [7, 11) is 3.15. The lowest BCUT2D eigenvalue weighted by molar-refractivity contribution is -0.145. The second-order valence-corrected chi connectivity index (χ2v) is 12.8. The second kappa shape index (κ2) is 18.1. The van der Waals surface area contributed by atoms with Crippen molar-refractivity contribution in [2.75, 3.05) is 65.5 Å². The van der Waals surface area contributed by atoms with Gasteiger partial charge in [0.15, 0.2) is 6.29 Å². The highest BCUT2D eigenvalue weighted by Crippen LogP contribution is 2.39. The van der Waals surface area contributed by atoms with Gasteiger partial charge in [0.25, 0.3) is 0 Å². The number of carbonyl (C=O) groups excluding carboxylic acids is 2. The molecule has 3 atom stereocenters. The molecule has 5 rings (SSSR count). The highest BCUT2D eigenvalue weighted by Gasteiger charge is 2.42. The Hall–Kier alpha value is -3.76. The molecule has 0 spiro atoms. The van der Waals surface area contributed by atoms with Crippen molar-refractivity contribution in [3.05, 3.63) is 90.0 Å². The zero-order chi connectivity index (χ0) is 33.7. The van der Waals surface area contributed by atoms with E-state index >= 15 is 0 Å². The van der Waals surface area contributed by atoms with Crippen LogP contribution < -0.4 is 5.32 Å². The summed E-state index contributed by atoms with van der Waals surface area (Å²) in [5.41, 5.74) is 5.38. The van der Waals surface area contributed by atoms with Gasteiger partial charge in [-0.1, -0.05) is 72.8 Å². The molecule has 0 bridgehead atoms. The Morgan fingerprint density at radius 1 is 0.854 bits per heavy atom. The lowest BCUT2D eigenvalue weighted by Gasteiger charge is -2.25. The molecule has 2 unspecified atom stereocenters. The van der Waals surface area contributed by atoms with Crippen LogP contribution in [-0.2, 0) is 36.6 Å². The Labute approximate surface area is 285 Å². The van der Waals surface area contributed by atoms with Gasteiger partial charge >= 0.3 is 6.09 Å². The van der Waals surface area contributed by atoms with Gasteiger partial charge in [-0.25, -0.2) is 4.79 Å². The summed E-state index contributed by atoms with van der Waals surface area (Å²) < 4.78 is 22.1. The first-order chi connectivity index (χ1) is 23.4. The number of likely N-dealkylation sites (N-methyl/N-ethyl adjacent to an activating group) is 1. The predicted octanol–water partition coefficient (Wildman–Crippen LogP) is 6.27. The molecule has 0 aromatic heterocycles. The number of rotatable bonds is 17. The third-order valence-electron chi connectivity index (χ3n) is 9.67. The Balaban J connectivity index is 0.959. The van der Waals surface area contributed by atoms with Gasteiger partial charge in [0.05, 0.1) is 31.9 Å². The number of fused-ring (bicyclic) bond motifs is 1. The summed E-state index contributed by atoms with van der Waals surface area (Å²) >= 11 is 0. The zero-order valence-corrected chi connectivity index (χ0v) is 28.6. The van der Waals surface area contributed by atoms with Gasteiger partial charge in [-0.05, 0) is 67.2 Å². The van der Waals surface area contributed by atoms with Crippen LogP contribution in [-0.4, -0.2) is 94.4 Å². The molecule has 1 aliphatic heterocycles. The van der Waals surface area contributed by atoms with Gasteiger partial charge in [-0.15, -0.1) is 0 Å². The topological polar surface area (TPSA) is 89.6 Å². The van der Waals surface area contributed by atoms with Crippen molar-refractivity contribution in [3.63, 3.8) is 0 Å². The number of benzene rings is 3. The normalized spacial score (nSPS) is 19.0. The van der Waals surface area contributed by atoms with Crippen LogP contribution in [0.1, 0.15) is 37.3 Å². The van der Waals surface area contributed by atoms with Gasteiger partial charge in [-0.3, -0.25) is 10.1 Å². The highest BCUT2D eigenvalue weighted by atomic mass is 16.7. The van der Waals surface area contributed by atoms with Gasteiger partial charge in [-0.2, -0.15) is 0 Å². The minimum Gasteiger partial charge on any atom is -0.446 e. The summed E-state index contributed by atoms with van der Waals surface area (Å²) in [6, 6.07) is 26.7. The van der Waals surface area contributed by atoms with E-state index in [4.69, 9.17) is 18.9 Å². The SMILES string of the molecule is CCN(CC(OC)OC)C(=O)CCOCCc1ccc(CCN2CC3CC(OC(=O)Nc4ccccc4-c4ccccc4)C[C@@H]3C2)cc1. The number of hydrogen-bond acceptors (Lipinski definition) is 7. The average molecular weight is 658 g/mol. The van der Waals surface area contributed by atoms with Crippen molar-refractivity contribution in [3.8, 4) is 11.1 Å². The van der Waals surface area contributed by atoms with Crippen molar-refractivity contribution in [2.24, 2.45) is 11.8 Å². The van der Waals surface area contributed by atoms with E-state index < -0.39 is 6.29 Å². The highest BCUT2D eigenvalue weighted by molar-refractivity contribution is 5.91. The number of nitrogens with zero attached hydrogens (tertiary/aromatic N) is 2. The number of methoxy groups -OCH3 is 2. The molecule has 258 valence electrons. The van der Waals surface area contributed by atoms with Crippen LogP contribution in [0.5, 0.6) is 0 Å². The van der Waals surface area contributed by atoms with E-state index in [1.807, 2.05) is 61.5 Å². The van der Waals surface area contributed by atoms with Gasteiger partial charge in [0.2, 0.25) is 5.91 Å². The van der Waals surface area contributed by atoms with Crippen LogP contribution in [0, 0.1) is 11.8 Å². The molecule has 0 radical (unpaired) electrons. The number of para-hydroxylation sites is 1. The smallest absolute Gasteiger partial charge is 0.411 e. The zero-order valence-electron chi connectivity index (χ0n) is 28.6. The Morgan fingerprint density at radius 2 is 1.50 bits per heavy atom. The molecule has 1 aliphatic carbocycles. The first-order valence-corrected chi connectivity index (χ1v) is 17.3.